The van der Waals surface area contributed by atoms with E-state index in [-0.39, 0.29) is 0 Å². The lowest BCUT2D eigenvalue weighted by Crippen LogP contribution is -1.99. The van der Waals surface area contributed by atoms with Gasteiger partial charge >= 0.3 is 0 Å². The van der Waals surface area contributed by atoms with Crippen molar-refractivity contribution in [1.82, 2.24) is 4.57 Å². The fourth-order valence-corrected chi connectivity index (χ4v) is 3.24. The molecule has 0 aliphatic heterocycles. The third-order valence-electron chi connectivity index (χ3n) is 4.18. The molecule has 3 heteroatoms. The van der Waals surface area contributed by atoms with Gasteiger partial charge in [0.2, 0.25) is 0 Å². The number of benzene rings is 3. The molecule has 0 spiro atoms. The number of nitrogens with zero attached hydrogens (tertiary/aromatic N) is 1. The van der Waals surface area contributed by atoms with Gasteiger partial charge in [0.25, 0.3) is 0 Å². The van der Waals surface area contributed by atoms with E-state index in [1.54, 1.807) is 0 Å². The van der Waals surface area contributed by atoms with Gasteiger partial charge in [-0.15, -0.1) is 0 Å². The number of rotatable bonds is 3. The molecule has 0 bridgehead atoms. The van der Waals surface area contributed by atoms with Crippen LogP contribution in [-0.2, 0) is 0 Å². The van der Waals surface area contributed by atoms with Crippen molar-refractivity contribution in [3.8, 4) is 28.2 Å². The molecule has 0 radical (unpaired) electrons. The zero-order chi connectivity index (χ0) is 17.2. The highest BCUT2D eigenvalue weighted by Crippen LogP contribution is 2.33. The molecule has 0 atom stereocenters. The van der Waals surface area contributed by atoms with Crippen LogP contribution in [0.15, 0.2) is 91.0 Å². The van der Waals surface area contributed by atoms with E-state index in [4.69, 9.17) is 23.2 Å². The highest BCUT2D eigenvalue weighted by Gasteiger charge is 2.13. The molecular formula is C22H15Cl2N. The number of aromatic nitrogens is 1. The van der Waals surface area contributed by atoms with Gasteiger partial charge in [-0.25, -0.2) is 0 Å². The van der Waals surface area contributed by atoms with Crippen molar-refractivity contribution in [3.05, 3.63) is 101 Å². The van der Waals surface area contributed by atoms with Crippen LogP contribution in [0.4, 0.5) is 0 Å². The molecular weight excluding hydrogens is 349 g/mol. The van der Waals surface area contributed by atoms with E-state index in [0.29, 0.717) is 0 Å². The lowest BCUT2D eigenvalue weighted by atomic mass is 10.1. The summed E-state index contributed by atoms with van der Waals surface area (Å²) in [4.78, 5) is 0. The van der Waals surface area contributed by atoms with Gasteiger partial charge < -0.3 is 4.57 Å². The summed E-state index contributed by atoms with van der Waals surface area (Å²) in [6, 6.07) is 30.5. The van der Waals surface area contributed by atoms with E-state index < -0.39 is 0 Å². The first kappa shape index (κ1) is 16.0. The summed E-state index contributed by atoms with van der Waals surface area (Å²) in [5.74, 6) is 0. The van der Waals surface area contributed by atoms with Crippen LogP contribution < -0.4 is 0 Å². The molecule has 0 amide bonds. The molecule has 25 heavy (non-hydrogen) atoms. The zero-order valence-electron chi connectivity index (χ0n) is 13.4. The first-order chi connectivity index (χ1) is 12.2. The molecule has 1 heterocycles. The smallest absolute Gasteiger partial charge is 0.0535 e. The summed E-state index contributed by atoms with van der Waals surface area (Å²) in [5, 5.41) is 1.47. The molecule has 0 unspecified atom stereocenters. The number of hydrogen-bond donors (Lipinski definition) is 0. The molecule has 0 N–H and O–H groups in total. The zero-order valence-corrected chi connectivity index (χ0v) is 14.9. The van der Waals surface area contributed by atoms with Crippen LogP contribution in [0.3, 0.4) is 0 Å². The minimum absolute atomic E-state index is 0.736. The molecule has 3 aromatic carbocycles. The SMILES string of the molecule is Clc1ccc(-c2ccc(-c3ccc(Cl)cc3)n2-c2ccccc2)cc1. The molecule has 0 saturated heterocycles. The second-order valence-corrected chi connectivity index (χ2v) is 6.66. The summed E-state index contributed by atoms with van der Waals surface area (Å²) in [7, 11) is 0. The third kappa shape index (κ3) is 3.21. The van der Waals surface area contributed by atoms with Crippen molar-refractivity contribution in [2.24, 2.45) is 0 Å². The minimum atomic E-state index is 0.736. The van der Waals surface area contributed by atoms with E-state index in [0.717, 1.165) is 38.2 Å². The second kappa shape index (κ2) is 6.79. The summed E-state index contributed by atoms with van der Waals surface area (Å²) < 4.78 is 2.26. The molecule has 0 aliphatic rings. The molecule has 4 aromatic rings. The van der Waals surface area contributed by atoms with Crippen molar-refractivity contribution in [2.75, 3.05) is 0 Å². The molecule has 1 aromatic heterocycles. The number of halogens is 2. The Morgan fingerprint density at radius 2 is 0.920 bits per heavy atom. The van der Waals surface area contributed by atoms with Gasteiger partial charge in [0.05, 0.1) is 11.4 Å². The first-order valence-electron chi connectivity index (χ1n) is 8.01. The van der Waals surface area contributed by atoms with Gasteiger partial charge in [-0.1, -0.05) is 65.7 Å². The first-order valence-corrected chi connectivity index (χ1v) is 8.77. The van der Waals surface area contributed by atoms with Gasteiger partial charge in [0.1, 0.15) is 0 Å². The number of hydrogen-bond acceptors (Lipinski definition) is 0. The van der Waals surface area contributed by atoms with Crippen LogP contribution in [0, 0.1) is 0 Å². The van der Waals surface area contributed by atoms with Gasteiger partial charge in [-0.2, -0.15) is 0 Å². The monoisotopic (exact) mass is 363 g/mol. The van der Waals surface area contributed by atoms with E-state index >= 15 is 0 Å². The summed E-state index contributed by atoms with van der Waals surface area (Å²) >= 11 is 12.1. The quantitative estimate of drug-likeness (QED) is 0.365. The summed E-state index contributed by atoms with van der Waals surface area (Å²) in [6.45, 7) is 0. The van der Waals surface area contributed by atoms with Gasteiger partial charge in [0, 0.05) is 15.7 Å². The van der Waals surface area contributed by atoms with E-state index in [1.807, 2.05) is 66.7 Å². The highest BCUT2D eigenvalue weighted by atomic mass is 35.5. The van der Waals surface area contributed by atoms with E-state index in [9.17, 15) is 0 Å². The van der Waals surface area contributed by atoms with Crippen LogP contribution >= 0.6 is 23.2 Å². The van der Waals surface area contributed by atoms with E-state index in [1.165, 1.54) is 0 Å². The van der Waals surface area contributed by atoms with Crippen LogP contribution in [-0.4, -0.2) is 4.57 Å². The third-order valence-corrected chi connectivity index (χ3v) is 4.68. The minimum Gasteiger partial charge on any atom is -0.309 e. The van der Waals surface area contributed by atoms with Crippen molar-refractivity contribution in [3.63, 3.8) is 0 Å². The Morgan fingerprint density at radius 1 is 0.480 bits per heavy atom. The van der Waals surface area contributed by atoms with Crippen molar-refractivity contribution in [1.29, 1.82) is 0 Å². The average Bonchev–Trinajstić information content (AvgIpc) is 3.09. The Labute approximate surface area is 157 Å². The molecule has 0 aliphatic carbocycles. The fraction of sp³-hybridized carbons (Fsp3) is 0. The van der Waals surface area contributed by atoms with Gasteiger partial charge in [-0.3, -0.25) is 0 Å². The Kier molecular flexibility index (Phi) is 4.35. The predicted octanol–water partition coefficient (Wildman–Crippen LogP) is 7.12. The largest absolute Gasteiger partial charge is 0.309 e. The maximum absolute atomic E-state index is 6.05. The summed E-state index contributed by atoms with van der Waals surface area (Å²) in [6.07, 6.45) is 0. The maximum Gasteiger partial charge on any atom is 0.0535 e. The van der Waals surface area contributed by atoms with Crippen LogP contribution in [0.5, 0.6) is 0 Å². The van der Waals surface area contributed by atoms with E-state index in [2.05, 4.69) is 28.8 Å². The Bertz CT molecular complexity index is 922. The van der Waals surface area contributed by atoms with Crippen LogP contribution in [0.1, 0.15) is 0 Å². The van der Waals surface area contributed by atoms with Gasteiger partial charge in [0.15, 0.2) is 0 Å². The van der Waals surface area contributed by atoms with Crippen LogP contribution in [0.2, 0.25) is 10.0 Å². The Morgan fingerprint density at radius 3 is 1.36 bits per heavy atom. The molecule has 0 saturated carbocycles. The lowest BCUT2D eigenvalue weighted by molar-refractivity contribution is 1.09. The lowest BCUT2D eigenvalue weighted by Gasteiger charge is -2.14. The normalized spacial score (nSPS) is 10.8. The van der Waals surface area contributed by atoms with Crippen LogP contribution in [0.25, 0.3) is 28.2 Å². The molecule has 122 valence electrons. The Balaban J connectivity index is 1.94. The van der Waals surface area contributed by atoms with Crippen molar-refractivity contribution >= 4 is 23.2 Å². The fourth-order valence-electron chi connectivity index (χ4n) is 2.98. The Hall–Kier alpha value is -2.48. The number of para-hydroxylation sites is 1. The molecule has 4 rings (SSSR count). The topological polar surface area (TPSA) is 4.93 Å². The average molecular weight is 364 g/mol. The predicted molar refractivity (Wildman–Crippen MR) is 107 cm³/mol. The van der Waals surface area contributed by atoms with Gasteiger partial charge in [-0.05, 0) is 59.7 Å². The molecule has 0 fully saturated rings. The highest BCUT2D eigenvalue weighted by molar-refractivity contribution is 6.30. The second-order valence-electron chi connectivity index (χ2n) is 5.79. The van der Waals surface area contributed by atoms with Crippen molar-refractivity contribution in [2.45, 2.75) is 0 Å². The van der Waals surface area contributed by atoms with Crippen molar-refractivity contribution < 1.29 is 0 Å². The molecule has 1 nitrogen and oxygen atoms in total. The standard InChI is InChI=1S/C22H15Cl2N/c23-18-10-6-16(7-11-18)21-14-15-22(17-8-12-19(24)13-9-17)25(21)20-4-2-1-3-5-20/h1-15H. The maximum atomic E-state index is 6.05. The summed E-state index contributed by atoms with van der Waals surface area (Å²) in [5.41, 5.74) is 5.59.